The number of carbonyl (C=O) groups is 1. The molecule has 0 aromatic rings. The summed E-state index contributed by atoms with van der Waals surface area (Å²) in [5, 5.41) is 0. The Kier molecular flexibility index (Phi) is 6.41. The monoisotopic (exact) mass is 254 g/mol. The highest BCUT2D eigenvalue weighted by atomic mass is 16.6. The number of hydrogen-bond acceptors (Lipinski definition) is 3. The summed E-state index contributed by atoms with van der Waals surface area (Å²) in [5.74, 6) is -0.241. The van der Waals surface area contributed by atoms with Gasteiger partial charge in [0.15, 0.2) is 0 Å². The molecule has 0 aromatic heterocycles. The van der Waals surface area contributed by atoms with Crippen molar-refractivity contribution in [3.63, 3.8) is 0 Å². The number of allylic oxidation sites excluding steroid dienone is 1. The molecule has 0 spiro atoms. The number of rotatable bonds is 6. The molecule has 3 nitrogen and oxygen atoms in total. The number of hydrogen-bond donors (Lipinski definition) is 0. The Hall–Kier alpha value is -0.830. The van der Waals surface area contributed by atoms with Gasteiger partial charge in [-0.3, -0.25) is 0 Å². The molecule has 2 unspecified atom stereocenters. The maximum atomic E-state index is 11.5. The normalized spacial score (nSPS) is 28.5. The van der Waals surface area contributed by atoms with Crippen LogP contribution in [0.4, 0.5) is 0 Å². The summed E-state index contributed by atoms with van der Waals surface area (Å²) in [7, 11) is 0. The molecule has 1 fully saturated rings. The summed E-state index contributed by atoms with van der Waals surface area (Å²) in [6.45, 7) is 6.73. The third-order valence-electron chi connectivity index (χ3n) is 3.42. The van der Waals surface area contributed by atoms with E-state index in [-0.39, 0.29) is 17.7 Å². The fraction of sp³-hybridized carbons (Fsp3) is 0.800. The number of esters is 1. The Labute approximate surface area is 111 Å². The van der Waals surface area contributed by atoms with Crippen LogP contribution in [-0.4, -0.2) is 24.3 Å². The lowest BCUT2D eigenvalue weighted by molar-refractivity contribution is -0.167. The van der Waals surface area contributed by atoms with Gasteiger partial charge in [0.05, 0.1) is 12.7 Å². The van der Waals surface area contributed by atoms with Crippen LogP contribution >= 0.6 is 0 Å². The van der Waals surface area contributed by atoms with Gasteiger partial charge >= 0.3 is 5.97 Å². The van der Waals surface area contributed by atoms with E-state index in [2.05, 4.69) is 6.92 Å². The fourth-order valence-corrected chi connectivity index (χ4v) is 2.40. The van der Waals surface area contributed by atoms with Crippen molar-refractivity contribution in [1.29, 1.82) is 0 Å². The van der Waals surface area contributed by atoms with Crippen LogP contribution in [0.1, 0.15) is 59.3 Å². The third kappa shape index (κ3) is 5.21. The van der Waals surface area contributed by atoms with E-state index < -0.39 is 0 Å². The van der Waals surface area contributed by atoms with Crippen molar-refractivity contribution in [1.82, 2.24) is 0 Å². The lowest BCUT2D eigenvalue weighted by atomic mass is 9.90. The zero-order chi connectivity index (χ0) is 13.4. The Balaban J connectivity index is 2.42. The molecule has 1 heterocycles. The minimum atomic E-state index is -0.355. The molecule has 1 rings (SSSR count). The lowest BCUT2D eigenvalue weighted by Crippen LogP contribution is -2.41. The van der Waals surface area contributed by atoms with Crippen LogP contribution in [0.25, 0.3) is 0 Å². The first-order valence-corrected chi connectivity index (χ1v) is 7.07. The van der Waals surface area contributed by atoms with Crippen LogP contribution in [-0.2, 0) is 14.3 Å². The van der Waals surface area contributed by atoms with Crippen LogP contribution in [0.2, 0.25) is 0 Å². The molecule has 0 saturated carbocycles. The van der Waals surface area contributed by atoms with Crippen LogP contribution in [0.15, 0.2) is 12.2 Å². The Morgan fingerprint density at radius 3 is 2.94 bits per heavy atom. The van der Waals surface area contributed by atoms with Gasteiger partial charge in [-0.25, -0.2) is 4.79 Å². The van der Waals surface area contributed by atoms with Gasteiger partial charge in [-0.05, 0) is 20.3 Å². The zero-order valence-corrected chi connectivity index (χ0v) is 11.9. The Bertz CT molecular complexity index is 285. The zero-order valence-electron chi connectivity index (χ0n) is 11.9. The van der Waals surface area contributed by atoms with Crippen molar-refractivity contribution in [3.05, 3.63) is 12.2 Å². The predicted molar refractivity (Wildman–Crippen MR) is 72.4 cm³/mol. The van der Waals surface area contributed by atoms with E-state index in [0.717, 1.165) is 19.3 Å². The molecule has 0 aliphatic carbocycles. The van der Waals surface area contributed by atoms with Gasteiger partial charge in [-0.2, -0.15) is 0 Å². The van der Waals surface area contributed by atoms with E-state index in [1.165, 1.54) is 25.3 Å². The summed E-state index contributed by atoms with van der Waals surface area (Å²) in [5.41, 5.74) is -0.355. The van der Waals surface area contributed by atoms with Crippen molar-refractivity contribution in [2.24, 2.45) is 0 Å². The molecule has 2 atom stereocenters. The minimum Gasteiger partial charge on any atom is -0.456 e. The van der Waals surface area contributed by atoms with E-state index in [4.69, 9.17) is 9.47 Å². The second kappa shape index (κ2) is 7.57. The topological polar surface area (TPSA) is 35.5 Å². The average Bonchev–Trinajstić information content (AvgIpc) is 2.29. The number of carbonyl (C=O) groups excluding carboxylic acids is 1. The van der Waals surface area contributed by atoms with Crippen molar-refractivity contribution in [2.75, 3.05) is 6.61 Å². The maximum absolute atomic E-state index is 11.5. The van der Waals surface area contributed by atoms with Crippen molar-refractivity contribution < 1.29 is 14.3 Å². The number of ether oxygens (including phenoxy) is 2. The van der Waals surface area contributed by atoms with Crippen LogP contribution in [0.3, 0.4) is 0 Å². The quantitative estimate of drug-likeness (QED) is 0.412. The molecule has 1 saturated heterocycles. The van der Waals surface area contributed by atoms with Gasteiger partial charge in [0.25, 0.3) is 0 Å². The van der Waals surface area contributed by atoms with Gasteiger partial charge in [0.2, 0.25) is 0 Å². The maximum Gasteiger partial charge on any atom is 0.330 e. The van der Waals surface area contributed by atoms with E-state index in [1.54, 1.807) is 6.08 Å². The molecule has 18 heavy (non-hydrogen) atoms. The molecule has 1 aliphatic rings. The molecule has 0 aromatic carbocycles. The first-order valence-electron chi connectivity index (χ1n) is 7.07. The molecular formula is C15H26O3. The van der Waals surface area contributed by atoms with Crippen LogP contribution < -0.4 is 0 Å². The van der Waals surface area contributed by atoms with Crippen molar-refractivity contribution in [3.8, 4) is 0 Å². The largest absolute Gasteiger partial charge is 0.456 e. The number of unbranched alkanes of at least 4 members (excludes halogenated alkanes) is 2. The van der Waals surface area contributed by atoms with Crippen LogP contribution in [0, 0.1) is 0 Å². The molecule has 0 radical (unpaired) electrons. The van der Waals surface area contributed by atoms with E-state index in [9.17, 15) is 4.79 Å². The van der Waals surface area contributed by atoms with Crippen LogP contribution in [0.5, 0.6) is 0 Å². The highest BCUT2D eigenvalue weighted by molar-refractivity contribution is 5.82. The first-order chi connectivity index (χ1) is 8.59. The molecule has 0 bridgehead atoms. The van der Waals surface area contributed by atoms with Gasteiger partial charge in [-0.1, -0.05) is 32.3 Å². The summed E-state index contributed by atoms with van der Waals surface area (Å²) in [6, 6.07) is 0. The molecular weight excluding hydrogens is 228 g/mol. The standard InChI is InChI=1S/C15H26O3/c1-4-6-7-9-13-12-15(3,10-11-17-13)18-14(16)8-5-2/h5,8,13H,4,6-7,9-12H2,1-3H3. The van der Waals surface area contributed by atoms with E-state index in [1.807, 2.05) is 13.8 Å². The second-order valence-corrected chi connectivity index (χ2v) is 5.31. The summed E-state index contributed by atoms with van der Waals surface area (Å²) < 4.78 is 11.3. The van der Waals surface area contributed by atoms with E-state index >= 15 is 0 Å². The first kappa shape index (κ1) is 15.2. The Morgan fingerprint density at radius 2 is 2.28 bits per heavy atom. The third-order valence-corrected chi connectivity index (χ3v) is 3.42. The summed E-state index contributed by atoms with van der Waals surface area (Å²) in [4.78, 5) is 11.5. The highest BCUT2D eigenvalue weighted by Gasteiger charge is 2.35. The molecule has 0 N–H and O–H groups in total. The molecule has 0 amide bonds. The Morgan fingerprint density at radius 1 is 1.50 bits per heavy atom. The SMILES string of the molecule is CC=CC(=O)OC1(C)CCOC(CCCCC)C1. The summed E-state index contributed by atoms with van der Waals surface area (Å²) >= 11 is 0. The molecule has 104 valence electrons. The predicted octanol–water partition coefficient (Wildman–Crippen LogP) is 3.62. The van der Waals surface area contributed by atoms with Gasteiger partial charge in [-0.15, -0.1) is 0 Å². The highest BCUT2D eigenvalue weighted by Crippen LogP contribution is 2.30. The average molecular weight is 254 g/mol. The van der Waals surface area contributed by atoms with Crippen molar-refractivity contribution >= 4 is 5.97 Å². The lowest BCUT2D eigenvalue weighted by Gasteiger charge is -2.37. The minimum absolute atomic E-state index is 0.241. The van der Waals surface area contributed by atoms with E-state index in [0.29, 0.717) is 6.61 Å². The second-order valence-electron chi connectivity index (χ2n) is 5.31. The smallest absolute Gasteiger partial charge is 0.330 e. The molecule has 3 heteroatoms. The van der Waals surface area contributed by atoms with Crippen molar-refractivity contribution in [2.45, 2.75) is 71.0 Å². The molecule has 1 aliphatic heterocycles. The van der Waals surface area contributed by atoms with Gasteiger partial charge < -0.3 is 9.47 Å². The van der Waals surface area contributed by atoms with Gasteiger partial charge in [0, 0.05) is 18.9 Å². The summed E-state index contributed by atoms with van der Waals surface area (Å²) in [6.07, 6.45) is 9.78. The fourth-order valence-electron chi connectivity index (χ4n) is 2.40. The van der Waals surface area contributed by atoms with Gasteiger partial charge in [0.1, 0.15) is 5.60 Å².